The minimum absolute atomic E-state index is 0.217. The van der Waals surface area contributed by atoms with Gasteiger partial charge in [0.2, 0.25) is 0 Å². The van der Waals surface area contributed by atoms with Gasteiger partial charge in [-0.1, -0.05) is 48.6 Å². The maximum absolute atomic E-state index is 13.1. The molecular formula is C16H15FN2S. The van der Waals surface area contributed by atoms with E-state index >= 15 is 0 Å². The molecule has 1 heterocycles. The molecule has 0 aliphatic heterocycles. The number of thiazole rings is 1. The normalized spacial score (nSPS) is 12.5. The van der Waals surface area contributed by atoms with E-state index in [0.717, 1.165) is 21.9 Å². The average molecular weight is 286 g/mol. The maximum atomic E-state index is 13.1. The van der Waals surface area contributed by atoms with Gasteiger partial charge in [-0.25, -0.2) is 9.37 Å². The second-order valence-electron chi connectivity index (χ2n) is 4.82. The van der Waals surface area contributed by atoms with Crippen LogP contribution in [0.3, 0.4) is 0 Å². The molecule has 2 aromatic carbocycles. The number of nitrogens with one attached hydrogen (secondary N) is 1. The Morgan fingerprint density at radius 3 is 2.80 bits per heavy atom. The zero-order chi connectivity index (χ0) is 13.9. The Morgan fingerprint density at radius 1 is 1.20 bits per heavy atom. The molecule has 102 valence electrons. The van der Waals surface area contributed by atoms with E-state index in [0.29, 0.717) is 5.92 Å². The zero-order valence-corrected chi connectivity index (χ0v) is 12.0. The number of rotatable bonds is 4. The van der Waals surface area contributed by atoms with Gasteiger partial charge in [0.25, 0.3) is 0 Å². The SMILES string of the molecule is CC(CNc1nc2ccc(F)cc2s1)c1ccccc1. The Bertz CT molecular complexity index is 709. The summed E-state index contributed by atoms with van der Waals surface area (Å²) in [6.45, 7) is 2.99. The summed E-state index contributed by atoms with van der Waals surface area (Å²) in [5.74, 6) is 0.185. The lowest BCUT2D eigenvalue weighted by atomic mass is 10.0. The lowest BCUT2D eigenvalue weighted by molar-refractivity contribution is 0.630. The molecule has 1 unspecified atom stereocenters. The maximum Gasteiger partial charge on any atom is 0.183 e. The van der Waals surface area contributed by atoms with Crippen LogP contribution in [0.1, 0.15) is 18.4 Å². The summed E-state index contributed by atoms with van der Waals surface area (Å²) in [5, 5.41) is 4.18. The fraction of sp³-hybridized carbons (Fsp3) is 0.188. The monoisotopic (exact) mass is 286 g/mol. The van der Waals surface area contributed by atoms with Gasteiger partial charge in [-0.2, -0.15) is 0 Å². The topological polar surface area (TPSA) is 24.9 Å². The van der Waals surface area contributed by atoms with E-state index in [1.807, 2.05) is 18.2 Å². The van der Waals surface area contributed by atoms with E-state index in [2.05, 4.69) is 29.4 Å². The van der Waals surface area contributed by atoms with Crippen LogP contribution in [-0.4, -0.2) is 11.5 Å². The zero-order valence-electron chi connectivity index (χ0n) is 11.1. The van der Waals surface area contributed by atoms with Crippen molar-refractivity contribution in [2.75, 3.05) is 11.9 Å². The number of hydrogen-bond acceptors (Lipinski definition) is 3. The van der Waals surface area contributed by atoms with E-state index in [-0.39, 0.29) is 5.82 Å². The van der Waals surface area contributed by atoms with E-state index in [4.69, 9.17) is 0 Å². The van der Waals surface area contributed by atoms with Crippen LogP contribution in [0.25, 0.3) is 10.2 Å². The first kappa shape index (κ1) is 13.1. The van der Waals surface area contributed by atoms with Gasteiger partial charge in [-0.15, -0.1) is 0 Å². The number of fused-ring (bicyclic) bond motifs is 1. The van der Waals surface area contributed by atoms with Gasteiger partial charge in [-0.05, 0) is 29.7 Å². The van der Waals surface area contributed by atoms with E-state index < -0.39 is 0 Å². The molecule has 0 aliphatic carbocycles. The minimum atomic E-state index is -0.217. The number of nitrogens with zero attached hydrogens (tertiary/aromatic N) is 1. The molecule has 0 saturated heterocycles. The molecule has 20 heavy (non-hydrogen) atoms. The van der Waals surface area contributed by atoms with Crippen molar-refractivity contribution in [3.63, 3.8) is 0 Å². The summed E-state index contributed by atoms with van der Waals surface area (Å²) in [7, 11) is 0. The van der Waals surface area contributed by atoms with Crippen molar-refractivity contribution < 1.29 is 4.39 Å². The van der Waals surface area contributed by atoms with E-state index in [1.165, 1.54) is 29.0 Å². The molecule has 3 aromatic rings. The van der Waals surface area contributed by atoms with Crippen LogP contribution in [0, 0.1) is 5.82 Å². The van der Waals surface area contributed by atoms with E-state index in [1.54, 1.807) is 6.07 Å². The van der Waals surface area contributed by atoms with Crippen LogP contribution >= 0.6 is 11.3 Å². The lowest BCUT2D eigenvalue weighted by Gasteiger charge is -2.11. The van der Waals surface area contributed by atoms with E-state index in [9.17, 15) is 4.39 Å². The second kappa shape index (κ2) is 5.59. The Kier molecular flexibility index (Phi) is 3.65. The summed E-state index contributed by atoms with van der Waals surface area (Å²) in [4.78, 5) is 4.46. The van der Waals surface area contributed by atoms with Crippen molar-refractivity contribution in [3.05, 3.63) is 59.9 Å². The number of hydrogen-bond donors (Lipinski definition) is 1. The van der Waals surface area contributed by atoms with Gasteiger partial charge < -0.3 is 5.32 Å². The molecule has 0 spiro atoms. The highest BCUT2D eigenvalue weighted by Crippen LogP contribution is 2.27. The van der Waals surface area contributed by atoms with Crippen molar-refractivity contribution in [2.24, 2.45) is 0 Å². The molecule has 1 atom stereocenters. The lowest BCUT2D eigenvalue weighted by Crippen LogP contribution is -2.09. The Morgan fingerprint density at radius 2 is 2.00 bits per heavy atom. The minimum Gasteiger partial charge on any atom is -0.361 e. The fourth-order valence-corrected chi connectivity index (χ4v) is 3.01. The largest absolute Gasteiger partial charge is 0.361 e. The van der Waals surface area contributed by atoms with Crippen LogP contribution in [0.15, 0.2) is 48.5 Å². The van der Waals surface area contributed by atoms with Crippen LogP contribution in [-0.2, 0) is 0 Å². The van der Waals surface area contributed by atoms with Crippen molar-refractivity contribution in [1.29, 1.82) is 0 Å². The molecular weight excluding hydrogens is 271 g/mol. The van der Waals surface area contributed by atoms with Gasteiger partial charge in [0.05, 0.1) is 10.2 Å². The summed E-state index contributed by atoms with van der Waals surface area (Å²) in [6, 6.07) is 15.1. The summed E-state index contributed by atoms with van der Waals surface area (Å²) in [6.07, 6.45) is 0. The number of anilines is 1. The Labute approximate surface area is 121 Å². The Balaban J connectivity index is 1.71. The van der Waals surface area contributed by atoms with Crippen molar-refractivity contribution >= 4 is 26.7 Å². The molecule has 2 nitrogen and oxygen atoms in total. The van der Waals surface area contributed by atoms with Crippen LogP contribution < -0.4 is 5.32 Å². The van der Waals surface area contributed by atoms with Crippen LogP contribution in [0.5, 0.6) is 0 Å². The molecule has 0 aliphatic rings. The molecule has 3 rings (SSSR count). The standard InChI is InChI=1S/C16H15FN2S/c1-11(12-5-3-2-4-6-12)10-18-16-19-14-8-7-13(17)9-15(14)20-16/h2-9,11H,10H2,1H3,(H,18,19). The summed E-state index contributed by atoms with van der Waals surface area (Å²) in [5.41, 5.74) is 2.14. The molecule has 0 bridgehead atoms. The molecule has 1 aromatic heterocycles. The first-order valence-corrected chi connectivity index (χ1v) is 7.39. The molecule has 0 fully saturated rings. The van der Waals surface area contributed by atoms with Crippen molar-refractivity contribution in [2.45, 2.75) is 12.8 Å². The number of aromatic nitrogens is 1. The first-order chi connectivity index (χ1) is 9.72. The van der Waals surface area contributed by atoms with Crippen LogP contribution in [0.2, 0.25) is 0 Å². The predicted octanol–water partition coefficient (Wildman–Crippen LogP) is 4.65. The number of halogens is 1. The summed E-state index contributed by atoms with van der Waals surface area (Å²) < 4.78 is 14.0. The van der Waals surface area contributed by atoms with Gasteiger partial charge in [-0.3, -0.25) is 0 Å². The van der Waals surface area contributed by atoms with Crippen molar-refractivity contribution in [1.82, 2.24) is 4.98 Å². The number of benzene rings is 2. The smallest absolute Gasteiger partial charge is 0.183 e. The predicted molar refractivity (Wildman–Crippen MR) is 82.9 cm³/mol. The van der Waals surface area contributed by atoms with Gasteiger partial charge in [0, 0.05) is 6.54 Å². The van der Waals surface area contributed by atoms with Gasteiger partial charge >= 0.3 is 0 Å². The quantitative estimate of drug-likeness (QED) is 0.755. The molecule has 0 radical (unpaired) electrons. The molecule has 1 N–H and O–H groups in total. The fourth-order valence-electron chi connectivity index (χ4n) is 2.11. The van der Waals surface area contributed by atoms with Crippen LogP contribution in [0.4, 0.5) is 9.52 Å². The first-order valence-electron chi connectivity index (χ1n) is 6.57. The Hall–Kier alpha value is -1.94. The second-order valence-corrected chi connectivity index (χ2v) is 5.85. The third-order valence-electron chi connectivity index (χ3n) is 3.28. The van der Waals surface area contributed by atoms with Gasteiger partial charge in [0.1, 0.15) is 5.82 Å². The highest BCUT2D eigenvalue weighted by atomic mass is 32.1. The average Bonchev–Trinajstić information content (AvgIpc) is 2.87. The highest BCUT2D eigenvalue weighted by Gasteiger charge is 2.08. The highest BCUT2D eigenvalue weighted by molar-refractivity contribution is 7.22. The molecule has 0 amide bonds. The third-order valence-corrected chi connectivity index (χ3v) is 4.25. The molecule has 4 heteroatoms. The van der Waals surface area contributed by atoms with Gasteiger partial charge in [0.15, 0.2) is 5.13 Å². The molecule has 0 saturated carbocycles. The summed E-state index contributed by atoms with van der Waals surface area (Å²) >= 11 is 1.49. The van der Waals surface area contributed by atoms with Crippen molar-refractivity contribution in [3.8, 4) is 0 Å². The third kappa shape index (κ3) is 2.80.